The fourth-order valence-electron chi connectivity index (χ4n) is 3.28. The van der Waals surface area contributed by atoms with Gasteiger partial charge in [-0.15, -0.1) is 11.3 Å². The molecule has 152 valence electrons. The molecule has 1 unspecified atom stereocenters. The highest BCUT2D eigenvalue weighted by molar-refractivity contribution is 7.20. The highest BCUT2D eigenvalue weighted by Gasteiger charge is 2.35. The summed E-state index contributed by atoms with van der Waals surface area (Å²) < 4.78 is 1.77. The monoisotopic (exact) mass is 438 g/mol. The Kier molecular flexibility index (Phi) is 5.09. The fourth-order valence-corrected chi connectivity index (χ4v) is 4.54. The van der Waals surface area contributed by atoms with Gasteiger partial charge in [0.15, 0.2) is 0 Å². The zero-order valence-corrected chi connectivity index (χ0v) is 17.9. The maximum Gasteiger partial charge on any atom is 0.262 e. The van der Waals surface area contributed by atoms with Crippen LogP contribution in [0.3, 0.4) is 0 Å². The van der Waals surface area contributed by atoms with Crippen LogP contribution >= 0.6 is 22.9 Å². The molecule has 2 heterocycles. The third kappa shape index (κ3) is 3.46. The molecule has 0 radical (unpaired) electrons. The van der Waals surface area contributed by atoms with Gasteiger partial charge < -0.3 is 11.1 Å². The van der Waals surface area contributed by atoms with Crippen LogP contribution in [0.5, 0.6) is 0 Å². The number of nitrogens with zero attached hydrogens (tertiary/aromatic N) is 2. The molecule has 30 heavy (non-hydrogen) atoms. The maximum absolute atomic E-state index is 13.1. The zero-order valence-electron chi connectivity index (χ0n) is 16.3. The molecule has 8 heteroatoms. The second-order valence-electron chi connectivity index (χ2n) is 7.12. The molecular formula is C22H19ClN4O2S. The van der Waals surface area contributed by atoms with Crippen molar-refractivity contribution in [3.63, 3.8) is 0 Å². The maximum atomic E-state index is 13.1. The van der Waals surface area contributed by atoms with Gasteiger partial charge in [-0.3, -0.25) is 9.59 Å². The number of fused-ring (bicyclic) bond motifs is 1. The molecule has 2 amide bonds. The summed E-state index contributed by atoms with van der Waals surface area (Å²) in [6.07, 6.45) is 0. The first-order valence-electron chi connectivity index (χ1n) is 9.22. The largest absolute Gasteiger partial charge is 0.367 e. The van der Waals surface area contributed by atoms with Gasteiger partial charge in [0.25, 0.3) is 5.91 Å². The number of carbonyl (C=O) groups excluding carboxylic acids is 2. The van der Waals surface area contributed by atoms with E-state index in [0.29, 0.717) is 15.5 Å². The quantitative estimate of drug-likeness (QED) is 0.489. The lowest BCUT2D eigenvalue weighted by atomic mass is 9.91. The number of aromatic nitrogens is 2. The minimum absolute atomic E-state index is 0.376. The van der Waals surface area contributed by atoms with Crippen molar-refractivity contribution in [2.24, 2.45) is 5.73 Å². The molecule has 2 aromatic carbocycles. The molecule has 0 fully saturated rings. The Hall–Kier alpha value is -3.16. The predicted octanol–water partition coefficient (Wildman–Crippen LogP) is 4.18. The molecule has 0 aliphatic heterocycles. The van der Waals surface area contributed by atoms with E-state index in [-0.39, 0.29) is 5.91 Å². The van der Waals surface area contributed by atoms with Crippen LogP contribution in [0.1, 0.15) is 27.9 Å². The van der Waals surface area contributed by atoms with Crippen LogP contribution in [0.4, 0.5) is 0 Å². The second kappa shape index (κ2) is 7.59. The molecule has 0 aliphatic carbocycles. The Balaban J connectivity index is 1.72. The van der Waals surface area contributed by atoms with Gasteiger partial charge in [0.1, 0.15) is 10.4 Å². The Morgan fingerprint density at radius 1 is 1.13 bits per heavy atom. The minimum atomic E-state index is -1.33. The third-order valence-electron chi connectivity index (χ3n) is 5.03. The van der Waals surface area contributed by atoms with Gasteiger partial charge >= 0.3 is 0 Å². The highest BCUT2D eigenvalue weighted by atomic mass is 35.5. The van der Waals surface area contributed by atoms with Gasteiger partial charge in [0, 0.05) is 10.4 Å². The summed E-state index contributed by atoms with van der Waals surface area (Å²) in [7, 11) is 0. The normalized spacial score (nSPS) is 13.2. The standard InChI is InChI=1S/C22H19ClN4O2S/c1-13-17-12-18(30-20(17)27(26-13)16-10-6-9-15(23)11-16)19(28)25-22(2,21(24)29)14-7-4-3-5-8-14/h3-12H,1-2H3,(H2,24,29)(H,25,28). The third-order valence-corrected chi connectivity index (χ3v) is 6.37. The SMILES string of the molecule is Cc1nn(-c2cccc(Cl)c2)c2sc(C(=O)NC(C)(C(N)=O)c3ccccc3)cc12. The summed E-state index contributed by atoms with van der Waals surface area (Å²) in [5, 5.41) is 8.85. The van der Waals surface area contributed by atoms with Crippen molar-refractivity contribution < 1.29 is 9.59 Å². The number of aryl methyl sites for hydroxylation is 1. The smallest absolute Gasteiger partial charge is 0.262 e. The average molecular weight is 439 g/mol. The number of hydrogen-bond donors (Lipinski definition) is 2. The van der Waals surface area contributed by atoms with Crippen LogP contribution in [0.25, 0.3) is 15.9 Å². The van der Waals surface area contributed by atoms with E-state index in [2.05, 4.69) is 10.4 Å². The molecule has 0 saturated heterocycles. The first-order chi connectivity index (χ1) is 14.3. The molecule has 0 saturated carbocycles. The molecule has 0 spiro atoms. The minimum Gasteiger partial charge on any atom is -0.367 e. The van der Waals surface area contributed by atoms with Crippen molar-refractivity contribution in [1.82, 2.24) is 15.1 Å². The summed E-state index contributed by atoms with van der Waals surface area (Å²) in [5.41, 5.74) is 6.53. The summed E-state index contributed by atoms with van der Waals surface area (Å²) in [5.74, 6) is -1.01. The van der Waals surface area contributed by atoms with Crippen molar-refractivity contribution in [1.29, 1.82) is 0 Å². The number of rotatable bonds is 5. The highest BCUT2D eigenvalue weighted by Crippen LogP contribution is 2.32. The van der Waals surface area contributed by atoms with Crippen LogP contribution in [-0.2, 0) is 10.3 Å². The van der Waals surface area contributed by atoms with E-state index in [0.717, 1.165) is 21.6 Å². The van der Waals surface area contributed by atoms with Crippen molar-refractivity contribution in [3.05, 3.63) is 81.8 Å². The molecule has 6 nitrogen and oxygen atoms in total. The van der Waals surface area contributed by atoms with E-state index in [9.17, 15) is 9.59 Å². The second-order valence-corrected chi connectivity index (χ2v) is 8.58. The number of thiophene rings is 1. The van der Waals surface area contributed by atoms with Crippen LogP contribution in [0.15, 0.2) is 60.7 Å². The van der Waals surface area contributed by atoms with Crippen LogP contribution in [0.2, 0.25) is 5.02 Å². The van der Waals surface area contributed by atoms with Gasteiger partial charge in [0.2, 0.25) is 5.91 Å². The van der Waals surface area contributed by atoms with E-state index < -0.39 is 11.4 Å². The van der Waals surface area contributed by atoms with E-state index in [1.165, 1.54) is 11.3 Å². The van der Waals surface area contributed by atoms with E-state index in [1.807, 2.05) is 31.2 Å². The lowest BCUT2D eigenvalue weighted by molar-refractivity contribution is -0.123. The van der Waals surface area contributed by atoms with Gasteiger partial charge in [-0.25, -0.2) is 4.68 Å². The van der Waals surface area contributed by atoms with Crippen molar-refractivity contribution in [3.8, 4) is 5.69 Å². The van der Waals surface area contributed by atoms with Crippen LogP contribution in [0, 0.1) is 6.92 Å². The molecular weight excluding hydrogens is 420 g/mol. The van der Waals surface area contributed by atoms with Crippen molar-refractivity contribution in [2.45, 2.75) is 19.4 Å². The predicted molar refractivity (Wildman–Crippen MR) is 119 cm³/mol. The first-order valence-corrected chi connectivity index (χ1v) is 10.4. The summed E-state index contributed by atoms with van der Waals surface area (Å²) in [6.45, 7) is 3.49. The zero-order chi connectivity index (χ0) is 21.5. The lowest BCUT2D eigenvalue weighted by Crippen LogP contribution is -2.52. The Morgan fingerprint density at radius 2 is 1.87 bits per heavy atom. The number of benzene rings is 2. The van der Waals surface area contributed by atoms with Crippen LogP contribution in [-0.4, -0.2) is 21.6 Å². The molecule has 4 aromatic rings. The number of nitrogens with two attached hydrogens (primary N) is 1. The number of nitrogens with one attached hydrogen (secondary N) is 1. The molecule has 0 bridgehead atoms. The summed E-state index contributed by atoms with van der Waals surface area (Å²) >= 11 is 7.42. The number of amides is 2. The lowest BCUT2D eigenvalue weighted by Gasteiger charge is -2.27. The summed E-state index contributed by atoms with van der Waals surface area (Å²) in [6, 6.07) is 18.1. The summed E-state index contributed by atoms with van der Waals surface area (Å²) in [4.78, 5) is 26.6. The Bertz CT molecular complexity index is 1260. The van der Waals surface area contributed by atoms with Gasteiger partial charge in [0.05, 0.1) is 16.3 Å². The van der Waals surface area contributed by atoms with Crippen molar-refractivity contribution in [2.75, 3.05) is 0 Å². The molecule has 1 atom stereocenters. The number of hydrogen-bond acceptors (Lipinski definition) is 4. The van der Waals surface area contributed by atoms with Crippen molar-refractivity contribution >= 4 is 45.0 Å². The van der Waals surface area contributed by atoms with Gasteiger partial charge in [-0.2, -0.15) is 5.10 Å². The average Bonchev–Trinajstić information content (AvgIpc) is 3.29. The molecule has 2 aromatic heterocycles. The van der Waals surface area contributed by atoms with E-state index in [4.69, 9.17) is 17.3 Å². The number of halogens is 1. The topological polar surface area (TPSA) is 90.0 Å². The molecule has 4 rings (SSSR count). The van der Waals surface area contributed by atoms with Gasteiger partial charge in [-0.05, 0) is 43.7 Å². The van der Waals surface area contributed by atoms with E-state index in [1.54, 1.807) is 48.0 Å². The van der Waals surface area contributed by atoms with Gasteiger partial charge in [-0.1, -0.05) is 48.0 Å². The first kappa shape index (κ1) is 20.1. The molecule has 3 N–H and O–H groups in total. The Morgan fingerprint density at radius 3 is 2.53 bits per heavy atom. The van der Waals surface area contributed by atoms with E-state index >= 15 is 0 Å². The fraction of sp³-hybridized carbons (Fsp3) is 0.136. The number of primary amides is 1. The van der Waals surface area contributed by atoms with Crippen LogP contribution < -0.4 is 11.1 Å². The Labute approximate surface area is 182 Å². The molecule has 0 aliphatic rings. The number of carbonyl (C=O) groups is 2.